The third-order valence-corrected chi connectivity index (χ3v) is 2.27. The van der Waals surface area contributed by atoms with Crippen molar-refractivity contribution in [2.45, 2.75) is 12.8 Å². The van der Waals surface area contributed by atoms with E-state index in [0.29, 0.717) is 11.5 Å². The zero-order valence-corrected chi connectivity index (χ0v) is 8.60. The van der Waals surface area contributed by atoms with Gasteiger partial charge in [0.05, 0.1) is 6.20 Å². The number of ketones is 1. The Morgan fingerprint density at radius 3 is 2.54 bits per heavy atom. The Kier molecular flexibility index (Phi) is 2.51. The van der Waals surface area contributed by atoms with E-state index in [4.69, 9.17) is 0 Å². The maximum atomic E-state index is 12.6. The van der Waals surface area contributed by atoms with Crippen LogP contribution in [-0.2, 0) is 7.05 Å². The summed E-state index contributed by atoms with van der Waals surface area (Å²) in [6.07, 6.45) is 1.30. The number of hydrogen-bond acceptors (Lipinski definition) is 2. The Bertz CT molecular complexity index is 343. The summed E-state index contributed by atoms with van der Waals surface area (Å²) >= 11 is 3.05. The van der Waals surface area contributed by atoms with Crippen LogP contribution >= 0.6 is 15.9 Å². The van der Waals surface area contributed by atoms with Crippen LogP contribution in [0.4, 0.5) is 8.78 Å². The second kappa shape index (κ2) is 3.17. The van der Waals surface area contributed by atoms with E-state index in [2.05, 4.69) is 20.9 Å². The minimum absolute atomic E-state index is 0.251. The molecule has 0 unspecified atom stereocenters. The molecule has 0 amide bonds. The van der Waals surface area contributed by atoms with Crippen LogP contribution in [0.2, 0.25) is 0 Å². The molecule has 0 saturated carbocycles. The van der Waals surface area contributed by atoms with Crippen LogP contribution in [0.15, 0.2) is 10.8 Å². The molecule has 1 aromatic rings. The highest BCUT2D eigenvalue weighted by atomic mass is 79.9. The molecule has 0 aliphatic heterocycles. The number of halogens is 3. The number of hydrogen-bond donors (Lipinski definition) is 0. The summed E-state index contributed by atoms with van der Waals surface area (Å²) in [4.78, 5) is 14.6. The highest BCUT2D eigenvalue weighted by molar-refractivity contribution is 9.10. The first kappa shape index (κ1) is 10.3. The SMILES string of the molecule is Cn1c(Br)cnc1C(=O)C(C)(F)F. The van der Waals surface area contributed by atoms with Crippen molar-refractivity contribution in [2.24, 2.45) is 7.05 Å². The molecule has 13 heavy (non-hydrogen) atoms. The first-order chi connectivity index (χ1) is 5.84. The van der Waals surface area contributed by atoms with Gasteiger partial charge in [0.25, 0.3) is 5.78 Å². The Morgan fingerprint density at radius 2 is 2.23 bits per heavy atom. The van der Waals surface area contributed by atoms with Gasteiger partial charge in [-0.05, 0) is 15.9 Å². The molecule has 1 rings (SSSR count). The van der Waals surface area contributed by atoms with Crippen LogP contribution in [0.5, 0.6) is 0 Å². The summed E-state index contributed by atoms with van der Waals surface area (Å²) in [7, 11) is 1.48. The molecule has 0 atom stereocenters. The van der Waals surface area contributed by atoms with Gasteiger partial charge in [-0.2, -0.15) is 8.78 Å². The van der Waals surface area contributed by atoms with E-state index in [1.807, 2.05) is 0 Å². The number of aromatic nitrogens is 2. The Morgan fingerprint density at radius 1 is 1.69 bits per heavy atom. The smallest absolute Gasteiger partial charge is 0.310 e. The number of nitrogens with zero attached hydrogens (tertiary/aromatic N) is 2. The predicted molar refractivity (Wildman–Crippen MR) is 45.9 cm³/mol. The molecule has 0 bridgehead atoms. The van der Waals surface area contributed by atoms with Crippen LogP contribution in [0.1, 0.15) is 17.5 Å². The summed E-state index contributed by atoms with van der Waals surface area (Å²) < 4.78 is 26.9. The molecule has 0 radical (unpaired) electrons. The Labute approximate surface area is 81.9 Å². The van der Waals surface area contributed by atoms with Crippen molar-refractivity contribution in [3.8, 4) is 0 Å². The molecule has 0 fully saturated rings. The largest absolute Gasteiger partial charge is 0.319 e. The van der Waals surface area contributed by atoms with Gasteiger partial charge in [0.2, 0.25) is 0 Å². The normalized spacial score (nSPS) is 11.8. The molecule has 6 heteroatoms. The second-order valence-corrected chi connectivity index (χ2v) is 3.49. The summed E-state index contributed by atoms with van der Waals surface area (Å²) in [5.41, 5.74) is 0. The average molecular weight is 253 g/mol. The monoisotopic (exact) mass is 252 g/mol. The molecule has 0 N–H and O–H groups in total. The highest BCUT2D eigenvalue weighted by Gasteiger charge is 2.36. The summed E-state index contributed by atoms with van der Waals surface area (Å²) in [6, 6.07) is 0. The zero-order valence-electron chi connectivity index (χ0n) is 7.01. The fraction of sp³-hybridized carbons (Fsp3) is 0.429. The Hall–Kier alpha value is -0.780. The van der Waals surface area contributed by atoms with E-state index in [1.165, 1.54) is 17.8 Å². The minimum atomic E-state index is -3.38. The van der Waals surface area contributed by atoms with Crippen molar-refractivity contribution >= 4 is 21.7 Å². The summed E-state index contributed by atoms with van der Waals surface area (Å²) in [5, 5.41) is 0. The lowest BCUT2D eigenvalue weighted by Crippen LogP contribution is -2.27. The van der Waals surface area contributed by atoms with Crippen molar-refractivity contribution in [1.82, 2.24) is 9.55 Å². The fourth-order valence-corrected chi connectivity index (χ4v) is 1.07. The van der Waals surface area contributed by atoms with Crippen molar-refractivity contribution in [1.29, 1.82) is 0 Å². The van der Waals surface area contributed by atoms with Gasteiger partial charge in [-0.15, -0.1) is 0 Å². The van der Waals surface area contributed by atoms with Gasteiger partial charge in [0.15, 0.2) is 5.82 Å². The van der Waals surface area contributed by atoms with Crippen LogP contribution in [0, 0.1) is 0 Å². The van der Waals surface area contributed by atoms with Gasteiger partial charge in [-0.25, -0.2) is 4.98 Å². The van der Waals surface area contributed by atoms with Crippen LogP contribution in [-0.4, -0.2) is 21.3 Å². The number of Topliss-reactive ketones (excluding diaryl/α,β-unsaturated/α-hetero) is 1. The molecule has 0 aromatic carbocycles. The highest BCUT2D eigenvalue weighted by Crippen LogP contribution is 2.20. The molecule has 3 nitrogen and oxygen atoms in total. The first-order valence-electron chi connectivity index (χ1n) is 3.44. The molecule has 1 aromatic heterocycles. The maximum Gasteiger partial charge on any atom is 0.310 e. The van der Waals surface area contributed by atoms with E-state index in [1.54, 1.807) is 0 Å². The molecular weight excluding hydrogens is 246 g/mol. The third kappa shape index (κ3) is 1.93. The van der Waals surface area contributed by atoms with Gasteiger partial charge in [0, 0.05) is 14.0 Å². The van der Waals surface area contributed by atoms with Gasteiger partial charge in [0.1, 0.15) is 4.60 Å². The molecule has 0 saturated heterocycles. The van der Waals surface area contributed by atoms with Gasteiger partial charge >= 0.3 is 5.92 Å². The lowest BCUT2D eigenvalue weighted by Gasteiger charge is -2.07. The van der Waals surface area contributed by atoms with Crippen molar-refractivity contribution in [3.05, 3.63) is 16.6 Å². The van der Waals surface area contributed by atoms with E-state index < -0.39 is 11.7 Å². The molecule has 0 aliphatic rings. The summed E-state index contributed by atoms with van der Waals surface area (Å²) in [6.45, 7) is 0.553. The number of imidazole rings is 1. The van der Waals surface area contributed by atoms with Gasteiger partial charge < -0.3 is 4.57 Å². The van der Waals surface area contributed by atoms with Crippen LogP contribution in [0.3, 0.4) is 0 Å². The average Bonchev–Trinajstić information content (AvgIpc) is 2.30. The molecule has 0 aliphatic carbocycles. The van der Waals surface area contributed by atoms with Crippen LogP contribution < -0.4 is 0 Å². The predicted octanol–water partition coefficient (Wildman–Crippen LogP) is 2.02. The van der Waals surface area contributed by atoms with E-state index in [-0.39, 0.29) is 5.82 Å². The lowest BCUT2D eigenvalue weighted by atomic mass is 10.2. The zero-order chi connectivity index (χ0) is 10.2. The minimum Gasteiger partial charge on any atom is -0.319 e. The van der Waals surface area contributed by atoms with Gasteiger partial charge in [-0.3, -0.25) is 4.79 Å². The Balaban J connectivity index is 3.10. The van der Waals surface area contributed by atoms with Crippen molar-refractivity contribution in [2.75, 3.05) is 0 Å². The van der Waals surface area contributed by atoms with E-state index >= 15 is 0 Å². The summed E-state index contributed by atoms with van der Waals surface area (Å²) in [5.74, 6) is -4.90. The lowest BCUT2D eigenvalue weighted by molar-refractivity contribution is 0.0207. The quantitative estimate of drug-likeness (QED) is 0.756. The van der Waals surface area contributed by atoms with Crippen LogP contribution in [0.25, 0.3) is 0 Å². The van der Waals surface area contributed by atoms with Crippen molar-refractivity contribution < 1.29 is 13.6 Å². The standard InChI is InChI=1S/C7H7BrF2N2O/c1-7(9,10)5(13)6-11-3-4(8)12(6)2/h3H,1-2H3. The number of carbonyl (C=O) groups excluding carboxylic acids is 1. The second-order valence-electron chi connectivity index (χ2n) is 2.68. The first-order valence-corrected chi connectivity index (χ1v) is 4.23. The molecular formula is C7H7BrF2N2O. The number of alkyl halides is 2. The molecule has 0 spiro atoms. The molecule has 72 valence electrons. The third-order valence-electron chi connectivity index (χ3n) is 1.53. The topological polar surface area (TPSA) is 34.9 Å². The van der Waals surface area contributed by atoms with Crippen molar-refractivity contribution in [3.63, 3.8) is 0 Å². The van der Waals surface area contributed by atoms with E-state index in [0.717, 1.165) is 0 Å². The number of rotatable bonds is 2. The molecule has 1 heterocycles. The van der Waals surface area contributed by atoms with E-state index in [9.17, 15) is 13.6 Å². The maximum absolute atomic E-state index is 12.6. The fourth-order valence-electron chi connectivity index (χ4n) is 0.796. The number of carbonyl (C=O) groups is 1. The van der Waals surface area contributed by atoms with Gasteiger partial charge in [-0.1, -0.05) is 0 Å².